The van der Waals surface area contributed by atoms with E-state index in [4.69, 9.17) is 4.74 Å². The van der Waals surface area contributed by atoms with Crippen LogP contribution in [0.4, 0.5) is 10.1 Å². The number of hydrogen-bond donors (Lipinski definition) is 2. The van der Waals surface area contributed by atoms with E-state index in [-0.39, 0.29) is 28.4 Å². The minimum absolute atomic E-state index is 0.0287. The third kappa shape index (κ3) is 6.54. The van der Waals surface area contributed by atoms with Gasteiger partial charge in [0.15, 0.2) is 0 Å². The van der Waals surface area contributed by atoms with Crippen LogP contribution in [0.5, 0.6) is 0 Å². The number of carbonyl (C=O) groups excluding carboxylic acids is 1. The summed E-state index contributed by atoms with van der Waals surface area (Å²) in [6.45, 7) is 5.42. The van der Waals surface area contributed by atoms with Gasteiger partial charge in [-0.15, -0.1) is 0 Å². The first-order valence-corrected chi connectivity index (χ1v) is 15.9. The first kappa shape index (κ1) is 32.1. The Bertz CT molecular complexity index is 2040. The van der Waals surface area contributed by atoms with Gasteiger partial charge in [0, 0.05) is 61.1 Å². The molecule has 3 aromatic heterocycles. The van der Waals surface area contributed by atoms with Gasteiger partial charge in [-0.1, -0.05) is 19.1 Å². The highest BCUT2D eigenvalue weighted by Crippen LogP contribution is 2.41. The lowest BCUT2D eigenvalue weighted by atomic mass is 10.0. The summed E-state index contributed by atoms with van der Waals surface area (Å²) in [6, 6.07) is 8.37. The van der Waals surface area contributed by atoms with Crippen molar-refractivity contribution in [3.8, 4) is 16.9 Å². The molecule has 2 aliphatic rings. The molecule has 2 fully saturated rings. The number of fused-ring (bicyclic) bond motifs is 1. The van der Waals surface area contributed by atoms with Gasteiger partial charge in [-0.25, -0.2) is 9.37 Å². The molecule has 10 nitrogen and oxygen atoms in total. The fourth-order valence-corrected chi connectivity index (χ4v) is 6.02. The van der Waals surface area contributed by atoms with E-state index >= 15 is 4.39 Å². The SMILES string of the molecule is CC/C(=C\C=C(/C)Nc1cc(-c2ccnc(-n3ccc4cc(C5CC5)cc(F)c4c3=O)c2CO)cn(C)c1=O)C(=O)N1CCOCC1. The van der Waals surface area contributed by atoms with E-state index in [0.717, 1.165) is 18.4 Å². The number of aromatic nitrogens is 3. The molecule has 11 heteroatoms. The summed E-state index contributed by atoms with van der Waals surface area (Å²) < 4.78 is 23.3. The maximum Gasteiger partial charge on any atom is 0.273 e. The predicted octanol–water partition coefficient (Wildman–Crippen LogP) is 4.77. The molecule has 0 radical (unpaired) electrons. The first-order valence-electron chi connectivity index (χ1n) is 15.9. The Kier molecular flexibility index (Phi) is 9.19. The molecule has 1 saturated carbocycles. The number of allylic oxidation sites excluding steroid dienone is 3. The van der Waals surface area contributed by atoms with E-state index in [1.165, 1.54) is 21.4 Å². The Balaban J connectivity index is 1.34. The lowest BCUT2D eigenvalue weighted by Gasteiger charge is -2.27. The highest BCUT2D eigenvalue weighted by atomic mass is 19.1. The number of pyridine rings is 3. The lowest BCUT2D eigenvalue weighted by molar-refractivity contribution is -0.131. The zero-order chi connectivity index (χ0) is 33.2. The van der Waals surface area contributed by atoms with Gasteiger partial charge in [-0.3, -0.25) is 19.0 Å². The number of aliphatic hydroxyl groups is 1. The average molecular weight is 640 g/mol. The Morgan fingerprint density at radius 3 is 2.60 bits per heavy atom. The highest BCUT2D eigenvalue weighted by molar-refractivity contribution is 5.93. The normalized spacial score (nSPS) is 15.7. The fourth-order valence-electron chi connectivity index (χ4n) is 6.02. The maximum atomic E-state index is 15.2. The molecule has 0 unspecified atom stereocenters. The summed E-state index contributed by atoms with van der Waals surface area (Å²) in [4.78, 5) is 45.9. The number of anilines is 1. The molecule has 0 bridgehead atoms. The molecule has 4 aromatic rings. The summed E-state index contributed by atoms with van der Waals surface area (Å²) in [5, 5.41) is 14.2. The van der Waals surface area contributed by atoms with E-state index in [0.29, 0.717) is 72.0 Å². The quantitative estimate of drug-likeness (QED) is 0.200. The molecule has 244 valence electrons. The number of benzene rings is 1. The van der Waals surface area contributed by atoms with Crippen LogP contribution in [0.2, 0.25) is 0 Å². The van der Waals surface area contributed by atoms with Crippen molar-refractivity contribution in [2.45, 2.75) is 45.6 Å². The van der Waals surface area contributed by atoms with Crippen LogP contribution >= 0.6 is 0 Å². The monoisotopic (exact) mass is 639 g/mol. The van der Waals surface area contributed by atoms with Gasteiger partial charge in [0.1, 0.15) is 17.3 Å². The van der Waals surface area contributed by atoms with E-state index in [1.54, 1.807) is 61.6 Å². The van der Waals surface area contributed by atoms with Crippen LogP contribution in [0.15, 0.2) is 81.9 Å². The molecule has 6 rings (SSSR count). The van der Waals surface area contributed by atoms with Crippen LogP contribution < -0.4 is 16.4 Å². The van der Waals surface area contributed by atoms with Gasteiger partial charge in [0.05, 0.1) is 25.2 Å². The van der Waals surface area contributed by atoms with E-state index < -0.39 is 18.0 Å². The minimum atomic E-state index is -0.575. The van der Waals surface area contributed by atoms with Gasteiger partial charge < -0.3 is 24.6 Å². The second-order valence-electron chi connectivity index (χ2n) is 12.0. The van der Waals surface area contributed by atoms with E-state index in [2.05, 4.69) is 10.3 Å². The van der Waals surface area contributed by atoms with E-state index in [9.17, 15) is 19.5 Å². The molecule has 1 aliphatic heterocycles. The molecule has 1 aliphatic carbocycles. The standard InChI is InChI=1S/C36H38FN5O5/c1-4-23(34(44)41-13-15-47-16-14-41)6-5-22(2)39-31-19-27(20-40(3)35(31)45)28-9-11-38-33(29(28)21-43)42-12-10-25-17-26(24-7-8-24)18-30(37)32(25)36(42)46/h5-6,9-12,17-20,24,39,43H,4,7-8,13-16,21H2,1-3H3/b22-5+,23-6+. The van der Waals surface area contributed by atoms with Crippen LogP contribution in [-0.4, -0.2) is 56.3 Å². The van der Waals surface area contributed by atoms with Gasteiger partial charge in [-0.05, 0) is 79.0 Å². The molecule has 4 heterocycles. The number of nitrogens with zero attached hydrogens (tertiary/aromatic N) is 4. The molecular weight excluding hydrogens is 601 g/mol. The predicted molar refractivity (Wildman–Crippen MR) is 179 cm³/mol. The number of morpholine rings is 1. The number of aliphatic hydroxyl groups excluding tert-OH is 1. The van der Waals surface area contributed by atoms with Crippen LogP contribution in [-0.2, 0) is 23.2 Å². The van der Waals surface area contributed by atoms with Gasteiger partial charge in [0.25, 0.3) is 11.1 Å². The molecule has 1 saturated heterocycles. The van der Waals surface area contributed by atoms with Crippen molar-refractivity contribution in [1.29, 1.82) is 0 Å². The van der Waals surface area contributed by atoms with Crippen molar-refractivity contribution >= 4 is 22.4 Å². The summed E-state index contributed by atoms with van der Waals surface area (Å²) in [7, 11) is 1.62. The minimum Gasteiger partial charge on any atom is -0.392 e. The van der Waals surface area contributed by atoms with Gasteiger partial charge >= 0.3 is 0 Å². The lowest BCUT2D eigenvalue weighted by Crippen LogP contribution is -2.41. The van der Waals surface area contributed by atoms with Gasteiger partial charge in [-0.2, -0.15) is 0 Å². The first-order chi connectivity index (χ1) is 22.7. The second kappa shape index (κ2) is 13.5. The van der Waals surface area contributed by atoms with Crippen LogP contribution in [0, 0.1) is 5.82 Å². The molecule has 47 heavy (non-hydrogen) atoms. The molecule has 1 aromatic carbocycles. The molecule has 0 spiro atoms. The van der Waals surface area contributed by atoms with Crippen LogP contribution in [0.1, 0.15) is 50.2 Å². The molecule has 1 amide bonds. The third-order valence-electron chi connectivity index (χ3n) is 8.76. The summed E-state index contributed by atoms with van der Waals surface area (Å²) in [6.07, 6.45) is 10.8. The number of halogens is 1. The summed E-state index contributed by atoms with van der Waals surface area (Å²) in [5.74, 6) is -0.0942. The number of rotatable bonds is 9. The zero-order valence-electron chi connectivity index (χ0n) is 26.8. The Morgan fingerprint density at radius 2 is 1.89 bits per heavy atom. The number of nitrogens with one attached hydrogen (secondary N) is 1. The summed E-state index contributed by atoms with van der Waals surface area (Å²) in [5.41, 5.74) is 3.12. The smallest absolute Gasteiger partial charge is 0.273 e. The topological polar surface area (TPSA) is 119 Å². The Labute approximate surface area is 271 Å². The Hall–Kier alpha value is -4.87. The number of ether oxygens (including phenoxy) is 1. The number of hydrogen-bond acceptors (Lipinski definition) is 7. The van der Waals surface area contributed by atoms with Crippen molar-refractivity contribution in [1.82, 2.24) is 19.0 Å². The number of carbonyl (C=O) groups is 1. The largest absolute Gasteiger partial charge is 0.392 e. The second-order valence-corrected chi connectivity index (χ2v) is 12.0. The number of aryl methyl sites for hydroxylation is 1. The van der Waals surface area contributed by atoms with Crippen LogP contribution in [0.3, 0.4) is 0 Å². The van der Waals surface area contributed by atoms with Gasteiger partial charge in [0.2, 0.25) is 5.91 Å². The van der Waals surface area contributed by atoms with Crippen molar-refractivity contribution in [3.05, 3.63) is 110 Å². The number of amides is 1. The molecule has 2 N–H and O–H groups in total. The van der Waals surface area contributed by atoms with Crippen LogP contribution in [0.25, 0.3) is 27.7 Å². The molecular formula is C36H38FN5O5. The van der Waals surface area contributed by atoms with E-state index in [1.807, 2.05) is 13.0 Å². The van der Waals surface area contributed by atoms with Crippen molar-refractivity contribution in [3.63, 3.8) is 0 Å². The Morgan fingerprint density at radius 1 is 1.13 bits per heavy atom. The third-order valence-corrected chi connectivity index (χ3v) is 8.76. The van der Waals surface area contributed by atoms with Crippen molar-refractivity contribution in [2.75, 3.05) is 31.6 Å². The maximum absolute atomic E-state index is 15.2. The van der Waals surface area contributed by atoms with Crippen molar-refractivity contribution < 1.29 is 19.0 Å². The zero-order valence-corrected chi connectivity index (χ0v) is 26.8. The molecule has 0 atom stereocenters. The summed E-state index contributed by atoms with van der Waals surface area (Å²) >= 11 is 0. The highest BCUT2D eigenvalue weighted by Gasteiger charge is 2.26. The van der Waals surface area contributed by atoms with Crippen molar-refractivity contribution in [2.24, 2.45) is 7.05 Å². The fraction of sp³-hybridized carbons (Fsp3) is 0.333. The average Bonchev–Trinajstić information content (AvgIpc) is 3.93.